The molecule has 2 aliphatic heterocycles. The summed E-state index contributed by atoms with van der Waals surface area (Å²) in [6, 6.07) is 0. The van der Waals surface area contributed by atoms with Crippen molar-refractivity contribution in [2.45, 2.75) is 44.1 Å². The Morgan fingerprint density at radius 2 is 1.62 bits per heavy atom. The monoisotopic (exact) mass is 225 g/mol. The summed E-state index contributed by atoms with van der Waals surface area (Å²) >= 11 is 0. The van der Waals surface area contributed by atoms with Crippen LogP contribution in [0.25, 0.3) is 0 Å². The Morgan fingerprint density at radius 3 is 2.25 bits per heavy atom. The van der Waals surface area contributed by atoms with E-state index in [1.165, 1.54) is 38.8 Å². The SMILES string of the molecule is OC1(CN2CC3(CCCC3)C2)CCOCC1. The zero-order valence-electron chi connectivity index (χ0n) is 10.1. The molecular weight excluding hydrogens is 202 g/mol. The van der Waals surface area contributed by atoms with E-state index in [2.05, 4.69) is 4.90 Å². The van der Waals surface area contributed by atoms with Gasteiger partial charge < -0.3 is 9.84 Å². The minimum absolute atomic E-state index is 0.460. The summed E-state index contributed by atoms with van der Waals surface area (Å²) in [6.07, 6.45) is 7.32. The molecular formula is C13H23NO2. The number of likely N-dealkylation sites (tertiary alicyclic amines) is 1. The van der Waals surface area contributed by atoms with Crippen molar-refractivity contribution in [3.05, 3.63) is 0 Å². The first-order valence-electron chi connectivity index (χ1n) is 6.72. The number of hydrogen-bond donors (Lipinski definition) is 1. The van der Waals surface area contributed by atoms with Crippen LogP contribution in [0.1, 0.15) is 38.5 Å². The third-order valence-corrected chi connectivity index (χ3v) is 4.72. The maximum Gasteiger partial charge on any atom is 0.0817 e. The van der Waals surface area contributed by atoms with Gasteiger partial charge >= 0.3 is 0 Å². The Hall–Kier alpha value is -0.120. The second-order valence-corrected chi connectivity index (χ2v) is 6.19. The van der Waals surface area contributed by atoms with Gasteiger partial charge in [0.2, 0.25) is 0 Å². The van der Waals surface area contributed by atoms with Gasteiger partial charge in [0.05, 0.1) is 5.60 Å². The van der Waals surface area contributed by atoms with Crippen LogP contribution in [0.4, 0.5) is 0 Å². The second kappa shape index (κ2) is 3.97. The van der Waals surface area contributed by atoms with Crippen LogP contribution in [0, 0.1) is 5.41 Å². The van der Waals surface area contributed by atoms with Crippen molar-refractivity contribution in [3.63, 3.8) is 0 Å². The second-order valence-electron chi connectivity index (χ2n) is 6.19. The van der Waals surface area contributed by atoms with Crippen LogP contribution >= 0.6 is 0 Å². The zero-order chi connectivity index (χ0) is 11.1. The van der Waals surface area contributed by atoms with Crippen LogP contribution < -0.4 is 0 Å². The summed E-state index contributed by atoms with van der Waals surface area (Å²) in [5.74, 6) is 0. The van der Waals surface area contributed by atoms with Crippen LogP contribution in [0.3, 0.4) is 0 Å². The molecule has 0 amide bonds. The van der Waals surface area contributed by atoms with E-state index in [1.807, 2.05) is 0 Å². The van der Waals surface area contributed by atoms with Gasteiger partial charge in [-0.1, -0.05) is 12.8 Å². The minimum atomic E-state index is -0.460. The van der Waals surface area contributed by atoms with Gasteiger partial charge in [0.25, 0.3) is 0 Å². The highest BCUT2D eigenvalue weighted by Crippen LogP contribution is 2.46. The lowest BCUT2D eigenvalue weighted by Crippen LogP contribution is -2.60. The number of aliphatic hydroxyl groups is 1. The molecule has 0 radical (unpaired) electrons. The fraction of sp³-hybridized carbons (Fsp3) is 1.00. The van der Waals surface area contributed by atoms with Crippen molar-refractivity contribution < 1.29 is 9.84 Å². The largest absolute Gasteiger partial charge is 0.388 e. The highest BCUT2D eigenvalue weighted by molar-refractivity contribution is 5.00. The van der Waals surface area contributed by atoms with Crippen molar-refractivity contribution in [1.82, 2.24) is 4.90 Å². The van der Waals surface area contributed by atoms with Gasteiger partial charge in [-0.3, -0.25) is 4.90 Å². The number of ether oxygens (including phenoxy) is 1. The molecule has 3 fully saturated rings. The molecule has 0 bridgehead atoms. The summed E-state index contributed by atoms with van der Waals surface area (Å²) < 4.78 is 5.31. The maximum absolute atomic E-state index is 10.4. The fourth-order valence-electron chi connectivity index (χ4n) is 3.78. The molecule has 0 unspecified atom stereocenters. The van der Waals surface area contributed by atoms with Crippen molar-refractivity contribution in [2.24, 2.45) is 5.41 Å². The standard InChI is InChI=1S/C13H23NO2/c15-13(5-7-16-8-6-13)11-14-9-12(10-14)3-1-2-4-12/h15H,1-11H2. The molecule has 2 heterocycles. The van der Waals surface area contributed by atoms with E-state index in [1.54, 1.807) is 0 Å². The number of rotatable bonds is 2. The minimum Gasteiger partial charge on any atom is -0.388 e. The van der Waals surface area contributed by atoms with Crippen LogP contribution in [0.15, 0.2) is 0 Å². The summed E-state index contributed by atoms with van der Waals surface area (Å²) in [5, 5.41) is 10.4. The lowest BCUT2D eigenvalue weighted by atomic mass is 9.77. The summed E-state index contributed by atoms with van der Waals surface area (Å²) in [4.78, 5) is 2.46. The Labute approximate surface area is 97.8 Å². The number of nitrogens with zero attached hydrogens (tertiary/aromatic N) is 1. The Balaban J connectivity index is 1.49. The lowest BCUT2D eigenvalue weighted by molar-refractivity contribution is -0.110. The van der Waals surface area contributed by atoms with Crippen molar-refractivity contribution >= 4 is 0 Å². The van der Waals surface area contributed by atoms with Crippen molar-refractivity contribution in [1.29, 1.82) is 0 Å². The normalized spacial score (nSPS) is 32.8. The predicted molar refractivity (Wildman–Crippen MR) is 62.3 cm³/mol. The molecule has 16 heavy (non-hydrogen) atoms. The Kier molecular flexibility index (Phi) is 2.73. The molecule has 1 N–H and O–H groups in total. The molecule has 0 aromatic heterocycles. The van der Waals surface area contributed by atoms with Gasteiger partial charge in [0.1, 0.15) is 0 Å². The van der Waals surface area contributed by atoms with E-state index < -0.39 is 5.60 Å². The smallest absolute Gasteiger partial charge is 0.0817 e. The molecule has 0 aromatic carbocycles. The summed E-state index contributed by atoms with van der Waals surface area (Å²) in [7, 11) is 0. The van der Waals surface area contributed by atoms with E-state index >= 15 is 0 Å². The van der Waals surface area contributed by atoms with Crippen molar-refractivity contribution in [2.75, 3.05) is 32.8 Å². The first-order chi connectivity index (χ1) is 7.70. The van der Waals surface area contributed by atoms with Gasteiger partial charge in [-0.25, -0.2) is 0 Å². The van der Waals surface area contributed by atoms with Crippen LogP contribution in [-0.2, 0) is 4.74 Å². The van der Waals surface area contributed by atoms with E-state index in [0.29, 0.717) is 5.41 Å². The van der Waals surface area contributed by atoms with E-state index in [0.717, 1.165) is 32.6 Å². The number of β-amino-alcohol motifs (C(OH)–C–C–N with tert-alkyl or cyclic N) is 1. The molecule has 3 rings (SSSR count). The molecule has 0 aromatic rings. The molecule has 1 saturated carbocycles. The highest BCUT2D eigenvalue weighted by Gasteiger charge is 2.46. The predicted octanol–water partition coefficient (Wildman–Crippen LogP) is 1.40. The lowest BCUT2D eigenvalue weighted by Gasteiger charge is -2.51. The zero-order valence-corrected chi connectivity index (χ0v) is 10.1. The molecule has 2 saturated heterocycles. The van der Waals surface area contributed by atoms with E-state index in [4.69, 9.17) is 4.74 Å². The van der Waals surface area contributed by atoms with Crippen molar-refractivity contribution in [3.8, 4) is 0 Å². The van der Waals surface area contributed by atoms with Gasteiger partial charge in [-0.2, -0.15) is 0 Å². The molecule has 3 nitrogen and oxygen atoms in total. The number of hydrogen-bond acceptors (Lipinski definition) is 3. The van der Waals surface area contributed by atoms with Gasteiger partial charge in [-0.05, 0) is 18.3 Å². The summed E-state index contributed by atoms with van der Waals surface area (Å²) in [5.41, 5.74) is 0.194. The first kappa shape index (κ1) is 11.0. The molecule has 0 atom stereocenters. The highest BCUT2D eigenvalue weighted by atomic mass is 16.5. The molecule has 1 spiro atoms. The van der Waals surface area contributed by atoms with Crippen LogP contribution in [0.2, 0.25) is 0 Å². The first-order valence-corrected chi connectivity index (χ1v) is 6.72. The third kappa shape index (κ3) is 2.01. The molecule has 92 valence electrons. The van der Waals surface area contributed by atoms with Gasteiger partial charge in [0, 0.05) is 45.7 Å². The fourth-order valence-corrected chi connectivity index (χ4v) is 3.78. The van der Waals surface area contributed by atoms with E-state index in [9.17, 15) is 5.11 Å². The van der Waals surface area contributed by atoms with Crippen LogP contribution in [-0.4, -0.2) is 48.5 Å². The van der Waals surface area contributed by atoms with Crippen LogP contribution in [0.5, 0.6) is 0 Å². The topological polar surface area (TPSA) is 32.7 Å². The van der Waals surface area contributed by atoms with Gasteiger partial charge in [0.15, 0.2) is 0 Å². The average Bonchev–Trinajstić information content (AvgIpc) is 2.67. The average molecular weight is 225 g/mol. The summed E-state index contributed by atoms with van der Waals surface area (Å²) in [6.45, 7) is 4.80. The molecule has 3 aliphatic rings. The Morgan fingerprint density at radius 1 is 1.00 bits per heavy atom. The maximum atomic E-state index is 10.4. The molecule has 1 aliphatic carbocycles. The van der Waals surface area contributed by atoms with E-state index in [-0.39, 0.29) is 0 Å². The van der Waals surface area contributed by atoms with Gasteiger partial charge in [-0.15, -0.1) is 0 Å². The quantitative estimate of drug-likeness (QED) is 0.771. The third-order valence-electron chi connectivity index (χ3n) is 4.72. The Bertz CT molecular complexity index is 247. The molecule has 3 heteroatoms.